The number of carbonyl (C=O) groups excluding carboxylic acids is 1. The second-order valence-electron chi connectivity index (χ2n) is 4.80. The van der Waals surface area contributed by atoms with E-state index in [0.29, 0.717) is 10.0 Å². The molecular weight excluding hydrogens is 371 g/mol. The molecule has 0 N–H and O–H groups in total. The number of benzene rings is 2. The van der Waals surface area contributed by atoms with Crippen molar-refractivity contribution in [1.29, 1.82) is 0 Å². The third-order valence-electron chi connectivity index (χ3n) is 3.13. The quantitative estimate of drug-likeness (QED) is 0.283. The second-order valence-corrected chi connectivity index (χ2v) is 6.10. The monoisotopic (exact) mass is 378 g/mol. The zero-order valence-corrected chi connectivity index (χ0v) is 13.9. The van der Waals surface area contributed by atoms with Crippen molar-refractivity contribution in [1.82, 2.24) is 4.98 Å². The Morgan fingerprint density at radius 2 is 1.96 bits per heavy atom. The van der Waals surface area contributed by atoms with Gasteiger partial charge in [0.15, 0.2) is 5.69 Å². The van der Waals surface area contributed by atoms with Crippen LogP contribution in [0.2, 0.25) is 5.02 Å². The number of hydrogen-bond acceptors (Lipinski definition) is 6. The van der Waals surface area contributed by atoms with Gasteiger partial charge in [-0.2, -0.15) is 0 Å². The molecule has 126 valence electrons. The fourth-order valence-corrected chi connectivity index (χ4v) is 2.89. The molecule has 1 aromatic heterocycles. The number of nitro groups is 1. The van der Waals surface area contributed by atoms with Crippen molar-refractivity contribution in [2.45, 2.75) is 0 Å². The topological polar surface area (TPSA) is 82.3 Å². The number of esters is 1. The van der Waals surface area contributed by atoms with Crippen LogP contribution in [0, 0.1) is 15.9 Å². The number of nitro benzene ring substituents is 1. The Morgan fingerprint density at radius 1 is 1.24 bits per heavy atom. The summed E-state index contributed by atoms with van der Waals surface area (Å²) in [5.74, 6) is -2.14. The van der Waals surface area contributed by atoms with Gasteiger partial charge in [0.25, 0.3) is 0 Å². The predicted molar refractivity (Wildman–Crippen MR) is 90.6 cm³/mol. The first-order valence-corrected chi connectivity index (χ1v) is 8.07. The van der Waals surface area contributed by atoms with Gasteiger partial charge in [0.2, 0.25) is 5.75 Å². The molecule has 0 spiro atoms. The Bertz CT molecular complexity index is 959. The minimum Gasteiger partial charge on any atom is -0.414 e. The van der Waals surface area contributed by atoms with E-state index in [2.05, 4.69) is 4.98 Å². The summed E-state index contributed by atoms with van der Waals surface area (Å²) in [6, 6.07) is 9.48. The summed E-state index contributed by atoms with van der Waals surface area (Å²) in [5, 5.41) is 13.5. The molecule has 0 radical (unpaired) electrons. The van der Waals surface area contributed by atoms with Crippen LogP contribution in [-0.4, -0.2) is 15.9 Å². The molecule has 6 nitrogen and oxygen atoms in total. The molecule has 0 unspecified atom stereocenters. The standard InChI is InChI=1S/C16H8ClFN2O4S/c17-10-3-1-9(2-4-10)15-19-12(8-25-15)16(21)24-14-7-11(18)5-6-13(14)20(22)23/h1-8H. The molecule has 0 aliphatic carbocycles. The number of carbonyl (C=O) groups is 1. The molecule has 3 rings (SSSR count). The average Bonchev–Trinajstić information content (AvgIpc) is 3.05. The number of halogens is 2. The fraction of sp³-hybridized carbons (Fsp3) is 0. The number of nitrogens with zero attached hydrogens (tertiary/aromatic N) is 2. The molecule has 9 heteroatoms. The Hall–Kier alpha value is -2.84. The molecule has 1 heterocycles. The van der Waals surface area contributed by atoms with Crippen LogP contribution >= 0.6 is 22.9 Å². The molecule has 0 aliphatic rings. The van der Waals surface area contributed by atoms with E-state index in [-0.39, 0.29) is 5.69 Å². The molecule has 3 aromatic rings. The van der Waals surface area contributed by atoms with Crippen molar-refractivity contribution in [3.8, 4) is 16.3 Å². The highest BCUT2D eigenvalue weighted by Gasteiger charge is 2.21. The van der Waals surface area contributed by atoms with Crippen LogP contribution < -0.4 is 4.74 Å². The lowest BCUT2D eigenvalue weighted by molar-refractivity contribution is -0.385. The molecule has 0 amide bonds. The van der Waals surface area contributed by atoms with E-state index in [4.69, 9.17) is 16.3 Å². The van der Waals surface area contributed by atoms with Gasteiger partial charge in [0, 0.05) is 28.1 Å². The van der Waals surface area contributed by atoms with Crippen LogP contribution in [0.1, 0.15) is 10.5 Å². The summed E-state index contributed by atoms with van der Waals surface area (Å²) >= 11 is 7.02. The molecule has 0 atom stereocenters. The van der Waals surface area contributed by atoms with Crippen LogP contribution in [0.25, 0.3) is 10.6 Å². The first kappa shape index (κ1) is 17.0. The smallest absolute Gasteiger partial charge is 0.363 e. The van der Waals surface area contributed by atoms with Crippen LogP contribution in [0.4, 0.5) is 10.1 Å². The Labute approximate surface area is 149 Å². The van der Waals surface area contributed by atoms with Crippen molar-refractivity contribution in [3.05, 3.63) is 74.5 Å². The van der Waals surface area contributed by atoms with E-state index in [1.165, 1.54) is 16.7 Å². The Kier molecular flexibility index (Phi) is 4.73. The zero-order chi connectivity index (χ0) is 18.0. The van der Waals surface area contributed by atoms with Crippen molar-refractivity contribution in [3.63, 3.8) is 0 Å². The van der Waals surface area contributed by atoms with E-state index in [0.717, 1.165) is 23.8 Å². The maximum absolute atomic E-state index is 13.3. The second kappa shape index (κ2) is 6.96. The maximum Gasteiger partial charge on any atom is 0.363 e. The SMILES string of the molecule is O=C(Oc1cc(F)ccc1[N+](=O)[O-])c1csc(-c2ccc(Cl)cc2)n1. The molecule has 0 aliphatic heterocycles. The third-order valence-corrected chi connectivity index (χ3v) is 4.27. The van der Waals surface area contributed by atoms with Gasteiger partial charge in [0.05, 0.1) is 4.92 Å². The first-order chi connectivity index (χ1) is 11.9. The number of thiazole rings is 1. The molecule has 0 fully saturated rings. The Morgan fingerprint density at radius 3 is 2.64 bits per heavy atom. The van der Waals surface area contributed by atoms with E-state index in [9.17, 15) is 19.3 Å². The minimum atomic E-state index is -0.912. The lowest BCUT2D eigenvalue weighted by Crippen LogP contribution is -2.10. The highest BCUT2D eigenvalue weighted by Crippen LogP contribution is 2.29. The fourth-order valence-electron chi connectivity index (χ4n) is 1.97. The highest BCUT2D eigenvalue weighted by molar-refractivity contribution is 7.13. The van der Waals surface area contributed by atoms with Gasteiger partial charge in [-0.25, -0.2) is 14.2 Å². The average molecular weight is 379 g/mol. The molecule has 0 bridgehead atoms. The number of aromatic nitrogens is 1. The lowest BCUT2D eigenvalue weighted by Gasteiger charge is -2.03. The number of rotatable bonds is 4. The van der Waals surface area contributed by atoms with Crippen molar-refractivity contribution in [2.24, 2.45) is 0 Å². The predicted octanol–water partition coefficient (Wildman–Crippen LogP) is 4.73. The molecule has 25 heavy (non-hydrogen) atoms. The van der Waals surface area contributed by atoms with Gasteiger partial charge in [-0.1, -0.05) is 23.7 Å². The summed E-state index contributed by atoms with van der Waals surface area (Å²) < 4.78 is 18.2. The normalized spacial score (nSPS) is 10.5. The van der Waals surface area contributed by atoms with Crippen molar-refractivity contribution >= 4 is 34.6 Å². The van der Waals surface area contributed by atoms with Gasteiger partial charge in [0.1, 0.15) is 10.8 Å². The van der Waals surface area contributed by atoms with Crippen LogP contribution in [0.3, 0.4) is 0 Å². The maximum atomic E-state index is 13.3. The van der Waals surface area contributed by atoms with Gasteiger partial charge in [-0.15, -0.1) is 11.3 Å². The van der Waals surface area contributed by atoms with Gasteiger partial charge in [-0.3, -0.25) is 10.1 Å². The van der Waals surface area contributed by atoms with E-state index >= 15 is 0 Å². The van der Waals surface area contributed by atoms with Crippen LogP contribution in [-0.2, 0) is 0 Å². The molecular formula is C16H8ClFN2O4S. The van der Waals surface area contributed by atoms with E-state index in [1.807, 2.05) is 0 Å². The lowest BCUT2D eigenvalue weighted by atomic mass is 10.2. The van der Waals surface area contributed by atoms with Crippen LogP contribution in [0.5, 0.6) is 5.75 Å². The summed E-state index contributed by atoms with van der Waals surface area (Å²) in [5.41, 5.74) is 0.210. The number of hydrogen-bond donors (Lipinski definition) is 0. The van der Waals surface area contributed by atoms with Gasteiger partial charge in [-0.05, 0) is 18.2 Å². The largest absolute Gasteiger partial charge is 0.414 e. The third kappa shape index (κ3) is 3.81. The summed E-state index contributed by atoms with van der Waals surface area (Å²) in [7, 11) is 0. The zero-order valence-electron chi connectivity index (χ0n) is 12.3. The van der Waals surface area contributed by atoms with Gasteiger partial charge < -0.3 is 4.74 Å². The van der Waals surface area contributed by atoms with E-state index in [1.54, 1.807) is 24.3 Å². The molecule has 0 saturated carbocycles. The Balaban J connectivity index is 1.84. The van der Waals surface area contributed by atoms with Gasteiger partial charge >= 0.3 is 11.7 Å². The van der Waals surface area contributed by atoms with Crippen molar-refractivity contribution in [2.75, 3.05) is 0 Å². The van der Waals surface area contributed by atoms with Crippen molar-refractivity contribution < 1.29 is 18.8 Å². The minimum absolute atomic E-state index is 0.0338. The summed E-state index contributed by atoms with van der Waals surface area (Å²) in [4.78, 5) is 26.5. The highest BCUT2D eigenvalue weighted by atomic mass is 35.5. The summed E-state index contributed by atoms with van der Waals surface area (Å²) in [6.07, 6.45) is 0. The number of ether oxygens (including phenoxy) is 1. The molecule has 2 aromatic carbocycles. The molecule has 0 saturated heterocycles. The van der Waals surface area contributed by atoms with Crippen LogP contribution in [0.15, 0.2) is 47.8 Å². The summed E-state index contributed by atoms with van der Waals surface area (Å²) in [6.45, 7) is 0. The van der Waals surface area contributed by atoms with E-state index < -0.39 is 28.1 Å². The first-order valence-electron chi connectivity index (χ1n) is 6.81.